The normalized spacial score (nSPS) is 12.7. The van der Waals surface area contributed by atoms with Crippen LogP contribution in [0.3, 0.4) is 0 Å². The van der Waals surface area contributed by atoms with Crippen molar-refractivity contribution in [2.45, 2.75) is 30.5 Å². The molecular formula is C25H22F3N3O3S. The van der Waals surface area contributed by atoms with Gasteiger partial charge in [-0.05, 0) is 55.3 Å². The van der Waals surface area contributed by atoms with Crippen molar-refractivity contribution in [2.24, 2.45) is 5.14 Å². The maximum atomic E-state index is 13.8. The van der Waals surface area contributed by atoms with E-state index in [0.717, 1.165) is 6.07 Å². The van der Waals surface area contributed by atoms with Gasteiger partial charge in [0, 0.05) is 17.4 Å². The van der Waals surface area contributed by atoms with E-state index in [-0.39, 0.29) is 22.0 Å². The van der Waals surface area contributed by atoms with Crippen molar-refractivity contribution in [3.05, 3.63) is 90.3 Å². The zero-order chi connectivity index (χ0) is 25.6. The zero-order valence-electron chi connectivity index (χ0n) is 18.8. The molecule has 0 fully saturated rings. The van der Waals surface area contributed by atoms with E-state index in [9.17, 15) is 26.7 Å². The van der Waals surface area contributed by atoms with Crippen LogP contribution in [-0.4, -0.2) is 23.1 Å². The molecule has 10 heteroatoms. The Morgan fingerprint density at radius 1 is 0.914 bits per heavy atom. The third-order valence-corrected chi connectivity index (χ3v) is 6.34. The van der Waals surface area contributed by atoms with Crippen LogP contribution in [0.4, 0.5) is 13.2 Å². The van der Waals surface area contributed by atoms with Gasteiger partial charge < -0.3 is 5.11 Å². The number of aliphatic hydroxyl groups is 1. The molecule has 0 spiro atoms. The van der Waals surface area contributed by atoms with Crippen LogP contribution in [0.1, 0.15) is 25.1 Å². The summed E-state index contributed by atoms with van der Waals surface area (Å²) in [5.74, 6) is 0.00508. The second-order valence-corrected chi connectivity index (χ2v) is 10.1. The van der Waals surface area contributed by atoms with Gasteiger partial charge in [-0.15, -0.1) is 0 Å². The second kappa shape index (κ2) is 8.63. The maximum absolute atomic E-state index is 13.8. The maximum Gasteiger partial charge on any atom is 0.417 e. The average Bonchev–Trinajstić information content (AvgIpc) is 3.24. The van der Waals surface area contributed by atoms with Crippen molar-refractivity contribution in [1.82, 2.24) is 9.55 Å². The third-order valence-electron chi connectivity index (χ3n) is 5.43. The Hall–Kier alpha value is -3.47. The number of imidazole rings is 1. The molecule has 35 heavy (non-hydrogen) atoms. The van der Waals surface area contributed by atoms with E-state index in [0.29, 0.717) is 16.8 Å². The highest BCUT2D eigenvalue weighted by molar-refractivity contribution is 7.89. The van der Waals surface area contributed by atoms with E-state index in [1.54, 1.807) is 36.4 Å². The quantitative estimate of drug-likeness (QED) is 0.398. The molecule has 0 saturated heterocycles. The predicted octanol–water partition coefficient (Wildman–Crippen LogP) is 5.10. The van der Waals surface area contributed by atoms with Crippen LogP contribution in [0.5, 0.6) is 0 Å². The molecule has 0 bridgehead atoms. The van der Waals surface area contributed by atoms with Crippen molar-refractivity contribution in [1.29, 1.82) is 0 Å². The number of nitrogens with zero attached hydrogens (tertiary/aromatic N) is 2. The highest BCUT2D eigenvalue weighted by Crippen LogP contribution is 2.38. The number of hydrogen-bond acceptors (Lipinski definition) is 4. The van der Waals surface area contributed by atoms with Gasteiger partial charge in [-0.25, -0.2) is 18.5 Å². The Kier molecular flexibility index (Phi) is 6.08. The summed E-state index contributed by atoms with van der Waals surface area (Å²) in [7, 11) is -3.92. The fourth-order valence-corrected chi connectivity index (χ4v) is 4.23. The number of alkyl halides is 3. The average molecular weight is 502 g/mol. The molecule has 1 aromatic heterocycles. The molecule has 0 aliphatic carbocycles. The van der Waals surface area contributed by atoms with Gasteiger partial charge in [-0.1, -0.05) is 42.5 Å². The minimum Gasteiger partial charge on any atom is -0.384 e. The summed E-state index contributed by atoms with van der Waals surface area (Å²) in [4.78, 5) is 4.31. The molecule has 4 rings (SSSR count). The summed E-state index contributed by atoms with van der Waals surface area (Å²) < 4.78 is 66.4. The monoisotopic (exact) mass is 501 g/mol. The molecule has 4 aromatic rings. The van der Waals surface area contributed by atoms with E-state index in [4.69, 9.17) is 5.14 Å². The fraction of sp³-hybridized carbons (Fsp3) is 0.160. The first kappa shape index (κ1) is 24.6. The second-order valence-electron chi connectivity index (χ2n) is 8.55. The molecule has 182 valence electrons. The number of aromatic nitrogens is 2. The van der Waals surface area contributed by atoms with Gasteiger partial charge in [0.2, 0.25) is 10.0 Å². The highest BCUT2D eigenvalue weighted by atomic mass is 32.2. The van der Waals surface area contributed by atoms with Crippen LogP contribution < -0.4 is 5.14 Å². The van der Waals surface area contributed by atoms with Gasteiger partial charge in [0.25, 0.3) is 0 Å². The van der Waals surface area contributed by atoms with E-state index in [2.05, 4.69) is 4.98 Å². The van der Waals surface area contributed by atoms with Crippen molar-refractivity contribution in [2.75, 3.05) is 0 Å². The minimum atomic E-state index is -4.61. The molecule has 0 unspecified atom stereocenters. The van der Waals surface area contributed by atoms with E-state index >= 15 is 0 Å². The number of sulfonamides is 1. The molecule has 6 nitrogen and oxygen atoms in total. The van der Waals surface area contributed by atoms with Crippen LogP contribution in [0.25, 0.3) is 28.2 Å². The minimum absolute atomic E-state index is 0.00508. The molecule has 3 N–H and O–H groups in total. The van der Waals surface area contributed by atoms with E-state index in [1.807, 2.05) is 0 Å². The third kappa shape index (κ3) is 5.14. The molecule has 0 radical (unpaired) electrons. The van der Waals surface area contributed by atoms with E-state index < -0.39 is 27.4 Å². The summed E-state index contributed by atoms with van der Waals surface area (Å²) in [6.07, 6.45) is -3.12. The smallest absolute Gasteiger partial charge is 0.384 e. The van der Waals surface area contributed by atoms with Gasteiger partial charge in [0.15, 0.2) is 0 Å². The van der Waals surface area contributed by atoms with Crippen molar-refractivity contribution < 1.29 is 26.7 Å². The number of halogens is 3. The summed E-state index contributed by atoms with van der Waals surface area (Å²) in [5, 5.41) is 15.8. The molecule has 3 aromatic carbocycles. The van der Waals surface area contributed by atoms with Crippen molar-refractivity contribution in [3.8, 4) is 28.2 Å². The van der Waals surface area contributed by atoms with Crippen molar-refractivity contribution in [3.63, 3.8) is 0 Å². The number of rotatable bonds is 5. The first-order valence-corrected chi connectivity index (χ1v) is 12.0. The largest absolute Gasteiger partial charge is 0.417 e. The van der Waals surface area contributed by atoms with Gasteiger partial charge in [0.1, 0.15) is 11.4 Å². The Morgan fingerprint density at radius 3 is 2.17 bits per heavy atom. The summed E-state index contributed by atoms with van der Waals surface area (Å²) in [6, 6.07) is 18.0. The fourth-order valence-electron chi connectivity index (χ4n) is 3.68. The van der Waals surface area contributed by atoms with E-state index in [1.165, 1.54) is 54.9 Å². The molecule has 0 amide bonds. The molecule has 0 aliphatic rings. The summed E-state index contributed by atoms with van der Waals surface area (Å²) in [5.41, 5.74) is -0.581. The van der Waals surface area contributed by atoms with Crippen LogP contribution in [-0.2, 0) is 21.8 Å². The Balaban J connectivity index is 1.92. The Bertz CT molecular complexity index is 1500. The lowest BCUT2D eigenvalue weighted by molar-refractivity contribution is -0.137. The number of benzene rings is 3. The van der Waals surface area contributed by atoms with Crippen LogP contribution in [0, 0.1) is 0 Å². The first-order chi connectivity index (χ1) is 16.2. The van der Waals surface area contributed by atoms with Crippen molar-refractivity contribution >= 4 is 10.0 Å². The number of nitrogens with two attached hydrogens (primary N) is 1. The van der Waals surface area contributed by atoms with Gasteiger partial charge in [0.05, 0.1) is 16.2 Å². The first-order valence-electron chi connectivity index (χ1n) is 10.5. The van der Waals surface area contributed by atoms with Crippen LogP contribution >= 0.6 is 0 Å². The van der Waals surface area contributed by atoms with Gasteiger partial charge >= 0.3 is 6.18 Å². The number of hydrogen-bond donors (Lipinski definition) is 2. The topological polar surface area (TPSA) is 98.2 Å². The molecule has 1 heterocycles. The molecule has 0 atom stereocenters. The lowest BCUT2D eigenvalue weighted by atomic mass is 10.0. The Morgan fingerprint density at radius 2 is 1.54 bits per heavy atom. The lowest BCUT2D eigenvalue weighted by Gasteiger charge is -2.15. The molecular weight excluding hydrogens is 479 g/mol. The SMILES string of the molecule is CC(C)(O)c1cn(-c2cccc(-c3cccc(S(N)(=O)=O)c3)c2)c(-c2ccccc2C(F)(F)F)n1. The van der Waals surface area contributed by atoms with Gasteiger partial charge in [-0.2, -0.15) is 13.2 Å². The predicted molar refractivity (Wildman–Crippen MR) is 126 cm³/mol. The number of primary sulfonamides is 1. The summed E-state index contributed by atoms with van der Waals surface area (Å²) >= 11 is 0. The molecule has 0 aliphatic heterocycles. The Labute approximate surface area is 200 Å². The lowest BCUT2D eigenvalue weighted by Crippen LogP contribution is -2.15. The zero-order valence-corrected chi connectivity index (χ0v) is 19.6. The molecule has 0 saturated carbocycles. The van der Waals surface area contributed by atoms with Crippen LogP contribution in [0.15, 0.2) is 83.9 Å². The van der Waals surface area contributed by atoms with Gasteiger partial charge in [-0.3, -0.25) is 4.57 Å². The standard InChI is InChI=1S/C25H22F3N3O3S/c1-24(2,32)22-15-31(23(30-22)20-11-3-4-12-21(20)25(26,27)28)18-9-5-7-16(13-18)17-8-6-10-19(14-17)35(29,33)34/h3-15,32H,1-2H3,(H2,29,33,34). The highest BCUT2D eigenvalue weighted by Gasteiger charge is 2.35. The summed E-state index contributed by atoms with van der Waals surface area (Å²) in [6.45, 7) is 2.99. The van der Waals surface area contributed by atoms with Crippen LogP contribution in [0.2, 0.25) is 0 Å².